The van der Waals surface area contributed by atoms with Gasteiger partial charge in [0.2, 0.25) is 0 Å². The molecule has 1 aromatic carbocycles. The van der Waals surface area contributed by atoms with E-state index in [1.807, 2.05) is 13.1 Å². The van der Waals surface area contributed by atoms with Crippen LogP contribution in [0, 0.1) is 11.6 Å². The zero-order valence-corrected chi connectivity index (χ0v) is 13.1. The maximum Gasteiger partial charge on any atom is 0.131 e. The molecule has 1 aliphatic rings. The van der Waals surface area contributed by atoms with Gasteiger partial charge in [-0.3, -0.25) is 0 Å². The highest BCUT2D eigenvalue weighted by molar-refractivity contribution is 5.22. The number of hydrogen-bond donors (Lipinski definition) is 2. The fourth-order valence-electron chi connectivity index (χ4n) is 2.84. The minimum Gasteiger partial charge on any atom is -0.317 e. The molecule has 0 bridgehead atoms. The van der Waals surface area contributed by atoms with E-state index in [-0.39, 0.29) is 6.04 Å². The van der Waals surface area contributed by atoms with Gasteiger partial charge in [0, 0.05) is 24.2 Å². The average Bonchev–Trinajstić information content (AvgIpc) is 3.02. The van der Waals surface area contributed by atoms with Crippen LogP contribution in [0.5, 0.6) is 0 Å². The number of nitrogens with zero attached hydrogens (tertiary/aromatic N) is 3. The number of aromatic nitrogens is 3. The number of benzene rings is 1. The quantitative estimate of drug-likeness (QED) is 0.884. The lowest BCUT2D eigenvalue weighted by Crippen LogP contribution is -2.39. The van der Waals surface area contributed by atoms with E-state index < -0.39 is 11.6 Å². The molecule has 1 unspecified atom stereocenters. The highest BCUT2D eigenvalue weighted by Gasteiger charge is 2.16. The second-order valence-corrected chi connectivity index (χ2v) is 5.94. The Morgan fingerprint density at radius 3 is 2.87 bits per heavy atom. The normalized spacial score (nSPS) is 17.3. The van der Waals surface area contributed by atoms with Crippen molar-refractivity contribution in [2.75, 3.05) is 13.1 Å². The van der Waals surface area contributed by atoms with Gasteiger partial charge in [0.15, 0.2) is 0 Å². The summed E-state index contributed by atoms with van der Waals surface area (Å²) in [7, 11) is 0. The topological polar surface area (TPSA) is 54.8 Å². The first-order valence-electron chi connectivity index (χ1n) is 7.93. The summed E-state index contributed by atoms with van der Waals surface area (Å²) in [6, 6.07) is 3.75. The van der Waals surface area contributed by atoms with Crippen LogP contribution in [0.1, 0.15) is 37.1 Å². The van der Waals surface area contributed by atoms with Crippen LogP contribution < -0.4 is 10.6 Å². The van der Waals surface area contributed by atoms with Gasteiger partial charge in [-0.05, 0) is 38.9 Å². The van der Waals surface area contributed by atoms with E-state index in [0.717, 1.165) is 37.7 Å². The third-order valence-corrected chi connectivity index (χ3v) is 4.28. The lowest BCUT2D eigenvalue weighted by atomic mass is 10.1. The van der Waals surface area contributed by atoms with Gasteiger partial charge in [0.1, 0.15) is 11.6 Å². The van der Waals surface area contributed by atoms with E-state index >= 15 is 0 Å². The largest absolute Gasteiger partial charge is 0.317 e. The molecule has 5 nitrogen and oxygen atoms in total. The maximum atomic E-state index is 13.9. The van der Waals surface area contributed by atoms with E-state index in [1.165, 1.54) is 12.1 Å². The lowest BCUT2D eigenvalue weighted by molar-refractivity contribution is 0.385. The molecule has 1 aromatic heterocycles. The Morgan fingerprint density at radius 1 is 1.35 bits per heavy atom. The molecule has 2 N–H and O–H groups in total. The van der Waals surface area contributed by atoms with Crippen LogP contribution in [0.3, 0.4) is 0 Å². The van der Waals surface area contributed by atoms with E-state index in [2.05, 4.69) is 20.9 Å². The molecule has 0 saturated carbocycles. The summed E-state index contributed by atoms with van der Waals surface area (Å²) in [5.41, 5.74) is 1.21. The Kier molecular flexibility index (Phi) is 4.97. The van der Waals surface area contributed by atoms with Gasteiger partial charge < -0.3 is 10.6 Å². The minimum atomic E-state index is -0.580. The van der Waals surface area contributed by atoms with E-state index in [1.54, 1.807) is 4.68 Å². The smallest absolute Gasteiger partial charge is 0.131 e. The number of hydrogen-bond acceptors (Lipinski definition) is 4. The Labute approximate surface area is 134 Å². The summed E-state index contributed by atoms with van der Waals surface area (Å²) >= 11 is 0. The highest BCUT2D eigenvalue weighted by Crippen LogP contribution is 2.21. The van der Waals surface area contributed by atoms with Gasteiger partial charge in [-0.15, -0.1) is 5.10 Å². The summed E-state index contributed by atoms with van der Waals surface area (Å²) in [5.74, 6) is -1.15. The molecule has 7 heteroatoms. The van der Waals surface area contributed by atoms with E-state index in [4.69, 9.17) is 0 Å². The van der Waals surface area contributed by atoms with Crippen molar-refractivity contribution in [3.8, 4) is 0 Å². The van der Waals surface area contributed by atoms with Crippen molar-refractivity contribution in [2.24, 2.45) is 0 Å². The monoisotopic (exact) mass is 321 g/mol. The van der Waals surface area contributed by atoms with Gasteiger partial charge >= 0.3 is 0 Å². The fraction of sp³-hybridized carbons (Fsp3) is 0.500. The summed E-state index contributed by atoms with van der Waals surface area (Å²) < 4.78 is 28.5. The highest BCUT2D eigenvalue weighted by atomic mass is 19.1. The number of rotatable bonds is 5. The van der Waals surface area contributed by atoms with Gasteiger partial charge in [-0.25, -0.2) is 13.5 Å². The zero-order valence-electron chi connectivity index (χ0n) is 13.1. The number of piperidine rings is 1. The molecule has 1 atom stereocenters. The summed E-state index contributed by atoms with van der Waals surface area (Å²) in [6.45, 7) is 4.52. The first-order valence-corrected chi connectivity index (χ1v) is 7.93. The molecule has 1 aliphatic heterocycles. The molecule has 2 aromatic rings. The fourth-order valence-corrected chi connectivity index (χ4v) is 2.84. The molecule has 124 valence electrons. The van der Waals surface area contributed by atoms with Crippen molar-refractivity contribution < 1.29 is 8.78 Å². The first kappa shape index (κ1) is 16.0. The lowest BCUT2D eigenvalue weighted by Gasteiger charge is -2.23. The molecule has 0 aliphatic carbocycles. The standard InChI is InChI=1S/C16H21F2N5/c1-11(15-3-2-12(17)8-16(15)18)23-10-14(21-22-23)9-20-13-4-6-19-7-5-13/h2-3,8,10-11,13,19-20H,4-7,9H2,1H3. The Bertz CT molecular complexity index is 652. The predicted octanol–water partition coefficient (Wildman–Crippen LogP) is 2.01. The van der Waals surface area contributed by atoms with Gasteiger partial charge in [-0.2, -0.15) is 0 Å². The summed E-state index contributed by atoms with van der Waals surface area (Å²) in [4.78, 5) is 0. The Hall–Kier alpha value is -1.86. The molecule has 0 amide bonds. The molecule has 2 heterocycles. The van der Waals surface area contributed by atoms with Gasteiger partial charge in [0.05, 0.1) is 17.9 Å². The van der Waals surface area contributed by atoms with Crippen molar-refractivity contribution in [1.29, 1.82) is 0 Å². The van der Waals surface area contributed by atoms with Crippen LogP contribution in [0.2, 0.25) is 0 Å². The molecule has 3 rings (SSSR count). The maximum absolute atomic E-state index is 13.9. The number of halogens is 2. The van der Waals surface area contributed by atoms with Crippen LogP contribution in [-0.2, 0) is 6.54 Å². The summed E-state index contributed by atoms with van der Waals surface area (Å²) in [5, 5.41) is 15.0. The van der Waals surface area contributed by atoms with Crippen molar-refractivity contribution in [1.82, 2.24) is 25.6 Å². The summed E-state index contributed by atoms with van der Waals surface area (Å²) in [6.07, 6.45) is 4.01. The molecular weight excluding hydrogens is 300 g/mol. The van der Waals surface area contributed by atoms with Crippen LogP contribution in [0.25, 0.3) is 0 Å². The van der Waals surface area contributed by atoms with Crippen molar-refractivity contribution in [3.05, 3.63) is 47.3 Å². The second kappa shape index (κ2) is 7.14. The van der Waals surface area contributed by atoms with Crippen molar-refractivity contribution in [2.45, 2.75) is 38.4 Å². The molecule has 23 heavy (non-hydrogen) atoms. The third kappa shape index (κ3) is 3.92. The zero-order chi connectivity index (χ0) is 16.2. The minimum absolute atomic E-state index is 0.337. The molecule has 0 radical (unpaired) electrons. The van der Waals surface area contributed by atoms with Gasteiger partial charge in [-0.1, -0.05) is 11.3 Å². The second-order valence-electron chi connectivity index (χ2n) is 5.94. The molecule has 1 saturated heterocycles. The molecular formula is C16H21F2N5. The van der Waals surface area contributed by atoms with Crippen molar-refractivity contribution in [3.63, 3.8) is 0 Å². The Balaban J connectivity index is 1.63. The first-order chi connectivity index (χ1) is 11.1. The molecule has 0 spiro atoms. The predicted molar refractivity (Wildman–Crippen MR) is 82.9 cm³/mol. The Morgan fingerprint density at radius 2 is 2.13 bits per heavy atom. The van der Waals surface area contributed by atoms with Crippen LogP contribution in [-0.4, -0.2) is 34.1 Å². The van der Waals surface area contributed by atoms with Gasteiger partial charge in [0.25, 0.3) is 0 Å². The van der Waals surface area contributed by atoms with E-state index in [0.29, 0.717) is 18.2 Å². The average molecular weight is 321 g/mol. The van der Waals surface area contributed by atoms with Crippen LogP contribution in [0.15, 0.2) is 24.4 Å². The van der Waals surface area contributed by atoms with Crippen molar-refractivity contribution >= 4 is 0 Å². The van der Waals surface area contributed by atoms with Crippen LogP contribution in [0.4, 0.5) is 8.78 Å². The van der Waals surface area contributed by atoms with Crippen LogP contribution >= 0.6 is 0 Å². The third-order valence-electron chi connectivity index (χ3n) is 4.28. The SMILES string of the molecule is CC(c1ccc(F)cc1F)n1cc(CNC2CCNCC2)nn1. The van der Waals surface area contributed by atoms with E-state index in [9.17, 15) is 8.78 Å². The number of nitrogens with one attached hydrogen (secondary N) is 2. The molecule has 1 fully saturated rings.